The maximum absolute atomic E-state index is 13.4. The molecule has 0 aliphatic carbocycles. The number of ether oxygens (including phenoxy) is 2. The second-order valence-corrected chi connectivity index (χ2v) is 9.97. The van der Waals surface area contributed by atoms with Crippen molar-refractivity contribution in [2.75, 3.05) is 25.1 Å². The molecule has 1 saturated heterocycles. The highest BCUT2D eigenvalue weighted by atomic mass is 79.9. The SMILES string of the molecule is COC(=O)c1ccccc1CN1CC(CC(=O)OC(C)(C)C)CN(c2ccc(Br)cc2)C1=O. The minimum absolute atomic E-state index is 0.133. The van der Waals surface area contributed by atoms with Crippen molar-refractivity contribution in [2.24, 2.45) is 5.92 Å². The number of halogens is 1. The van der Waals surface area contributed by atoms with E-state index >= 15 is 0 Å². The van der Waals surface area contributed by atoms with Crippen molar-refractivity contribution in [3.8, 4) is 0 Å². The van der Waals surface area contributed by atoms with Crippen LogP contribution < -0.4 is 4.90 Å². The zero-order chi connectivity index (χ0) is 24.2. The number of methoxy groups -OCH3 is 1. The molecular formula is C25H29BrN2O5. The highest BCUT2D eigenvalue weighted by Gasteiger charge is 2.35. The molecule has 0 aromatic heterocycles. The second kappa shape index (κ2) is 10.4. The standard InChI is InChI=1S/C25H29BrN2O5/c1-25(2,3)33-22(29)13-17-14-27(16-18-7-5-6-8-21(18)23(30)32-4)24(31)28(15-17)20-11-9-19(26)10-12-20/h5-12,17H,13-16H2,1-4H3. The molecule has 8 heteroatoms. The molecule has 0 saturated carbocycles. The van der Waals surface area contributed by atoms with Gasteiger partial charge in [0.1, 0.15) is 5.60 Å². The second-order valence-electron chi connectivity index (χ2n) is 9.06. The lowest BCUT2D eigenvalue weighted by molar-refractivity contribution is -0.156. The van der Waals surface area contributed by atoms with Crippen LogP contribution in [0.2, 0.25) is 0 Å². The number of urea groups is 1. The van der Waals surface area contributed by atoms with Crippen molar-refractivity contribution >= 4 is 39.6 Å². The van der Waals surface area contributed by atoms with E-state index in [1.807, 2.05) is 51.1 Å². The molecule has 1 atom stereocenters. The van der Waals surface area contributed by atoms with Gasteiger partial charge in [0.25, 0.3) is 0 Å². The quantitative estimate of drug-likeness (QED) is 0.503. The van der Waals surface area contributed by atoms with Crippen LogP contribution in [-0.2, 0) is 20.8 Å². The summed E-state index contributed by atoms with van der Waals surface area (Å²) in [5, 5.41) is 0. The number of carbonyl (C=O) groups excluding carboxylic acids is 3. The molecule has 2 amide bonds. The Morgan fingerprint density at radius 2 is 1.73 bits per heavy atom. The third-order valence-electron chi connectivity index (χ3n) is 5.22. The lowest BCUT2D eigenvalue weighted by Gasteiger charge is -2.40. The van der Waals surface area contributed by atoms with Crippen LogP contribution in [0.3, 0.4) is 0 Å². The van der Waals surface area contributed by atoms with Gasteiger partial charge in [-0.2, -0.15) is 0 Å². The average molecular weight is 517 g/mol. The largest absolute Gasteiger partial charge is 0.465 e. The molecule has 7 nitrogen and oxygen atoms in total. The Labute approximate surface area is 202 Å². The Kier molecular flexibility index (Phi) is 7.79. The fourth-order valence-electron chi connectivity index (χ4n) is 3.84. The highest BCUT2D eigenvalue weighted by Crippen LogP contribution is 2.28. The molecule has 0 radical (unpaired) electrons. The van der Waals surface area contributed by atoms with Crippen molar-refractivity contribution < 1.29 is 23.9 Å². The van der Waals surface area contributed by atoms with E-state index in [2.05, 4.69) is 15.9 Å². The maximum Gasteiger partial charge on any atom is 0.338 e. The monoisotopic (exact) mass is 516 g/mol. The maximum atomic E-state index is 13.4. The van der Waals surface area contributed by atoms with Gasteiger partial charge in [-0.25, -0.2) is 9.59 Å². The number of amides is 2. The van der Waals surface area contributed by atoms with Crippen LogP contribution in [-0.4, -0.2) is 48.7 Å². The molecule has 1 aliphatic heterocycles. The van der Waals surface area contributed by atoms with Crippen LogP contribution in [0.15, 0.2) is 53.0 Å². The number of hydrogen-bond donors (Lipinski definition) is 0. The van der Waals surface area contributed by atoms with Gasteiger partial charge in [0.2, 0.25) is 0 Å². The van der Waals surface area contributed by atoms with E-state index in [4.69, 9.17) is 9.47 Å². The summed E-state index contributed by atoms with van der Waals surface area (Å²) in [6.07, 6.45) is 0.187. The van der Waals surface area contributed by atoms with Crippen molar-refractivity contribution in [3.05, 3.63) is 64.1 Å². The smallest absolute Gasteiger partial charge is 0.338 e. The lowest BCUT2D eigenvalue weighted by atomic mass is 9.99. The summed E-state index contributed by atoms with van der Waals surface area (Å²) >= 11 is 3.42. The van der Waals surface area contributed by atoms with E-state index in [1.165, 1.54) is 7.11 Å². The third-order valence-corrected chi connectivity index (χ3v) is 5.75. The number of nitrogens with zero attached hydrogens (tertiary/aromatic N) is 2. The van der Waals surface area contributed by atoms with Gasteiger partial charge in [0.05, 0.1) is 19.1 Å². The van der Waals surface area contributed by atoms with Gasteiger partial charge in [0.15, 0.2) is 0 Å². The predicted octanol–water partition coefficient (Wildman–Crippen LogP) is 5.03. The topological polar surface area (TPSA) is 76.2 Å². The molecule has 33 heavy (non-hydrogen) atoms. The number of anilines is 1. The van der Waals surface area contributed by atoms with E-state index in [9.17, 15) is 14.4 Å². The molecule has 2 aromatic rings. The normalized spacial score (nSPS) is 16.5. The van der Waals surface area contributed by atoms with Crippen LogP contribution in [0.25, 0.3) is 0 Å². The van der Waals surface area contributed by atoms with Gasteiger partial charge in [0, 0.05) is 35.7 Å². The van der Waals surface area contributed by atoms with Crippen LogP contribution in [0.4, 0.5) is 10.5 Å². The lowest BCUT2D eigenvalue weighted by Crippen LogP contribution is -2.53. The van der Waals surface area contributed by atoms with Gasteiger partial charge >= 0.3 is 18.0 Å². The van der Waals surface area contributed by atoms with Crippen LogP contribution in [0.1, 0.15) is 43.1 Å². The Balaban J connectivity index is 1.88. The number of rotatable bonds is 6. The van der Waals surface area contributed by atoms with Gasteiger partial charge in [-0.1, -0.05) is 34.1 Å². The van der Waals surface area contributed by atoms with Crippen molar-refractivity contribution in [1.82, 2.24) is 4.90 Å². The number of esters is 2. The zero-order valence-electron chi connectivity index (χ0n) is 19.3. The molecular weight excluding hydrogens is 488 g/mol. The number of carbonyl (C=O) groups is 3. The van der Waals surface area contributed by atoms with Crippen molar-refractivity contribution in [3.63, 3.8) is 0 Å². The first-order valence-corrected chi connectivity index (χ1v) is 11.6. The highest BCUT2D eigenvalue weighted by molar-refractivity contribution is 9.10. The van der Waals surface area contributed by atoms with Gasteiger partial charge in [-0.05, 0) is 56.7 Å². The molecule has 0 N–H and O–H groups in total. The molecule has 1 aliphatic rings. The van der Waals surface area contributed by atoms with E-state index in [-0.39, 0.29) is 30.9 Å². The summed E-state index contributed by atoms with van der Waals surface area (Å²) < 4.78 is 11.3. The summed E-state index contributed by atoms with van der Waals surface area (Å²) in [6, 6.07) is 14.3. The molecule has 3 rings (SSSR count). The van der Waals surface area contributed by atoms with Gasteiger partial charge in [-0.3, -0.25) is 9.69 Å². The minimum Gasteiger partial charge on any atom is -0.465 e. The van der Waals surface area contributed by atoms with E-state index in [0.717, 1.165) is 10.2 Å². The first-order chi connectivity index (χ1) is 15.6. The number of benzene rings is 2. The van der Waals surface area contributed by atoms with E-state index < -0.39 is 11.6 Å². The minimum atomic E-state index is -0.577. The number of hydrogen-bond acceptors (Lipinski definition) is 5. The Bertz CT molecular complexity index is 1020. The van der Waals surface area contributed by atoms with Crippen LogP contribution in [0.5, 0.6) is 0 Å². The van der Waals surface area contributed by atoms with Crippen molar-refractivity contribution in [1.29, 1.82) is 0 Å². The van der Waals surface area contributed by atoms with Crippen LogP contribution in [0, 0.1) is 5.92 Å². The van der Waals surface area contributed by atoms with E-state index in [0.29, 0.717) is 24.2 Å². The van der Waals surface area contributed by atoms with Gasteiger partial charge in [-0.15, -0.1) is 0 Å². The molecule has 2 aromatic carbocycles. The Hall–Kier alpha value is -2.87. The summed E-state index contributed by atoms with van der Waals surface area (Å²) in [5.41, 5.74) is 1.26. The molecule has 1 unspecified atom stereocenters. The summed E-state index contributed by atoms with van der Waals surface area (Å²) in [7, 11) is 1.33. The Morgan fingerprint density at radius 3 is 2.36 bits per heavy atom. The first-order valence-electron chi connectivity index (χ1n) is 10.8. The molecule has 0 spiro atoms. The third kappa shape index (κ3) is 6.57. The fourth-order valence-corrected chi connectivity index (χ4v) is 4.11. The predicted molar refractivity (Wildman–Crippen MR) is 129 cm³/mol. The first kappa shape index (κ1) is 24.8. The summed E-state index contributed by atoms with van der Waals surface area (Å²) in [5.74, 6) is -0.885. The Morgan fingerprint density at radius 1 is 1.06 bits per heavy atom. The van der Waals surface area contributed by atoms with Gasteiger partial charge < -0.3 is 14.4 Å². The molecule has 1 heterocycles. The molecule has 1 fully saturated rings. The molecule has 176 valence electrons. The molecule has 0 bridgehead atoms. The fraction of sp³-hybridized carbons (Fsp3) is 0.400. The summed E-state index contributed by atoms with van der Waals surface area (Å²) in [4.78, 5) is 41.5. The van der Waals surface area contributed by atoms with E-state index in [1.54, 1.807) is 28.0 Å². The zero-order valence-corrected chi connectivity index (χ0v) is 20.9. The average Bonchev–Trinajstić information content (AvgIpc) is 2.75. The van der Waals surface area contributed by atoms with Crippen molar-refractivity contribution in [2.45, 2.75) is 39.3 Å². The van der Waals surface area contributed by atoms with Crippen LogP contribution >= 0.6 is 15.9 Å². The summed E-state index contributed by atoms with van der Waals surface area (Å²) in [6.45, 7) is 6.50.